The molecule has 7 heteroatoms. The fraction of sp³-hybridized carbons (Fsp3) is 0.600. The van der Waals surface area contributed by atoms with E-state index in [1.54, 1.807) is 0 Å². The number of amides is 1. The number of nitrogens with one attached hydrogen (secondary N) is 1. The first kappa shape index (κ1) is 19.0. The van der Waals surface area contributed by atoms with E-state index in [9.17, 15) is 4.79 Å². The first-order chi connectivity index (χ1) is 7.15. The lowest BCUT2D eigenvalue weighted by Gasteiger charge is -2.02. The summed E-state index contributed by atoms with van der Waals surface area (Å²) in [6.07, 6.45) is 1.88. The molecular formula is C10H19Cl2N3OS. The van der Waals surface area contributed by atoms with E-state index in [1.165, 1.54) is 11.3 Å². The number of aryl methyl sites for hydroxylation is 2. The summed E-state index contributed by atoms with van der Waals surface area (Å²) in [5.74, 6) is -0.0184. The largest absolute Gasteiger partial charge is 0.351 e. The van der Waals surface area contributed by atoms with Crippen molar-refractivity contribution in [2.75, 3.05) is 13.1 Å². The van der Waals surface area contributed by atoms with Crippen molar-refractivity contribution in [1.82, 2.24) is 10.3 Å². The molecule has 1 aromatic rings. The number of hydrogen-bond donors (Lipinski definition) is 2. The van der Waals surface area contributed by atoms with Crippen LogP contribution in [0.1, 0.15) is 33.2 Å². The lowest BCUT2D eigenvalue weighted by Crippen LogP contribution is -2.24. The molecule has 1 rings (SSSR count). The Balaban J connectivity index is 0. The number of hydrogen-bond acceptors (Lipinski definition) is 4. The van der Waals surface area contributed by atoms with Gasteiger partial charge in [0, 0.05) is 6.54 Å². The SMILES string of the molecule is Cc1nc(C)c(C(=O)NCCCCN)s1.Cl.Cl. The number of unbranched alkanes of at least 4 members (excludes halogenated alkanes) is 1. The van der Waals surface area contributed by atoms with E-state index in [4.69, 9.17) is 5.73 Å². The van der Waals surface area contributed by atoms with Crippen molar-refractivity contribution in [3.63, 3.8) is 0 Å². The summed E-state index contributed by atoms with van der Waals surface area (Å²) in [7, 11) is 0. The van der Waals surface area contributed by atoms with Crippen LogP contribution in [0.4, 0.5) is 0 Å². The Hall–Kier alpha value is -0.360. The van der Waals surface area contributed by atoms with Crippen LogP contribution in [0.25, 0.3) is 0 Å². The summed E-state index contributed by atoms with van der Waals surface area (Å²) in [5.41, 5.74) is 6.18. The van der Waals surface area contributed by atoms with Gasteiger partial charge in [-0.1, -0.05) is 0 Å². The average molecular weight is 300 g/mol. The number of carbonyl (C=O) groups is 1. The lowest BCUT2D eigenvalue weighted by atomic mass is 10.3. The molecule has 0 atom stereocenters. The molecule has 0 saturated carbocycles. The lowest BCUT2D eigenvalue weighted by molar-refractivity contribution is 0.0956. The molecule has 0 spiro atoms. The summed E-state index contributed by atoms with van der Waals surface area (Å²) in [4.78, 5) is 16.6. The zero-order valence-electron chi connectivity index (χ0n) is 9.99. The zero-order chi connectivity index (χ0) is 11.3. The van der Waals surface area contributed by atoms with Gasteiger partial charge in [0.15, 0.2) is 0 Å². The van der Waals surface area contributed by atoms with E-state index in [2.05, 4.69) is 10.3 Å². The number of nitrogens with two attached hydrogens (primary N) is 1. The van der Waals surface area contributed by atoms with Crippen LogP contribution in [0, 0.1) is 13.8 Å². The highest BCUT2D eigenvalue weighted by atomic mass is 35.5. The zero-order valence-corrected chi connectivity index (χ0v) is 12.4. The van der Waals surface area contributed by atoms with Crippen LogP contribution in [0.5, 0.6) is 0 Å². The molecule has 0 bridgehead atoms. The number of aromatic nitrogens is 1. The minimum Gasteiger partial charge on any atom is -0.351 e. The number of thiazole rings is 1. The Kier molecular flexibility index (Phi) is 10.8. The topological polar surface area (TPSA) is 68.0 Å². The molecule has 17 heavy (non-hydrogen) atoms. The quantitative estimate of drug-likeness (QED) is 0.818. The third-order valence-corrected chi connectivity index (χ3v) is 3.10. The second kappa shape index (κ2) is 9.65. The molecule has 0 aliphatic rings. The fourth-order valence-corrected chi connectivity index (χ4v) is 2.13. The molecule has 100 valence electrons. The molecule has 1 aromatic heterocycles. The van der Waals surface area contributed by atoms with Gasteiger partial charge in [0.1, 0.15) is 4.88 Å². The molecule has 0 aliphatic carbocycles. The standard InChI is InChI=1S/C10H17N3OS.2ClH/c1-7-9(15-8(2)13-7)10(14)12-6-4-3-5-11;;/h3-6,11H2,1-2H3,(H,12,14);2*1H. The van der Waals surface area contributed by atoms with Crippen molar-refractivity contribution < 1.29 is 4.79 Å². The maximum Gasteiger partial charge on any atom is 0.263 e. The first-order valence-corrected chi connectivity index (χ1v) is 5.89. The molecule has 0 fully saturated rings. The molecule has 1 heterocycles. The van der Waals surface area contributed by atoms with E-state index in [0.29, 0.717) is 13.1 Å². The molecule has 1 amide bonds. The molecule has 0 radical (unpaired) electrons. The molecule has 0 saturated heterocycles. The summed E-state index contributed by atoms with van der Waals surface area (Å²) >= 11 is 1.44. The van der Waals surface area contributed by atoms with Crippen molar-refractivity contribution in [3.05, 3.63) is 15.6 Å². The monoisotopic (exact) mass is 299 g/mol. The number of halogens is 2. The Morgan fingerprint density at radius 3 is 2.47 bits per heavy atom. The van der Waals surface area contributed by atoms with Gasteiger partial charge in [-0.15, -0.1) is 36.2 Å². The second-order valence-electron chi connectivity index (χ2n) is 3.40. The highest BCUT2D eigenvalue weighted by Crippen LogP contribution is 2.16. The Morgan fingerprint density at radius 2 is 2.00 bits per heavy atom. The smallest absolute Gasteiger partial charge is 0.263 e. The van der Waals surface area contributed by atoms with Crippen molar-refractivity contribution in [3.8, 4) is 0 Å². The van der Waals surface area contributed by atoms with Crippen LogP contribution in [-0.2, 0) is 0 Å². The van der Waals surface area contributed by atoms with Crippen molar-refractivity contribution in [1.29, 1.82) is 0 Å². The highest BCUT2D eigenvalue weighted by molar-refractivity contribution is 7.13. The van der Waals surface area contributed by atoms with Crippen LogP contribution in [0.2, 0.25) is 0 Å². The van der Waals surface area contributed by atoms with Crippen molar-refractivity contribution >= 4 is 42.1 Å². The summed E-state index contributed by atoms with van der Waals surface area (Å²) in [6.45, 7) is 5.13. The average Bonchev–Trinajstić information content (AvgIpc) is 2.52. The summed E-state index contributed by atoms with van der Waals surface area (Å²) < 4.78 is 0. The van der Waals surface area contributed by atoms with Crippen molar-refractivity contribution in [2.45, 2.75) is 26.7 Å². The van der Waals surface area contributed by atoms with Crippen LogP contribution in [0.15, 0.2) is 0 Å². The van der Waals surface area contributed by atoms with Crippen molar-refractivity contribution in [2.24, 2.45) is 5.73 Å². The predicted molar refractivity (Wildman–Crippen MR) is 76.7 cm³/mol. The predicted octanol–water partition coefficient (Wildman–Crippen LogP) is 2.07. The van der Waals surface area contributed by atoms with Gasteiger partial charge in [-0.05, 0) is 33.2 Å². The van der Waals surface area contributed by atoms with Gasteiger partial charge in [-0.25, -0.2) is 4.98 Å². The number of carbonyl (C=O) groups excluding carboxylic acids is 1. The van der Waals surface area contributed by atoms with Gasteiger partial charge < -0.3 is 11.1 Å². The van der Waals surface area contributed by atoms with Gasteiger partial charge in [0.25, 0.3) is 5.91 Å². The molecule has 3 N–H and O–H groups in total. The van der Waals surface area contributed by atoms with Gasteiger partial charge in [-0.2, -0.15) is 0 Å². The third-order valence-electron chi connectivity index (χ3n) is 2.03. The Labute approximate surface area is 118 Å². The minimum atomic E-state index is -0.0184. The third kappa shape index (κ3) is 6.21. The van der Waals surface area contributed by atoms with Gasteiger partial charge >= 0.3 is 0 Å². The molecule has 4 nitrogen and oxygen atoms in total. The normalized spacial score (nSPS) is 9.12. The van der Waals surface area contributed by atoms with Crippen LogP contribution in [-0.4, -0.2) is 24.0 Å². The van der Waals surface area contributed by atoms with Crippen LogP contribution >= 0.6 is 36.2 Å². The van der Waals surface area contributed by atoms with E-state index in [1.807, 2.05) is 13.8 Å². The number of rotatable bonds is 5. The van der Waals surface area contributed by atoms with Crippen LogP contribution in [0.3, 0.4) is 0 Å². The second-order valence-corrected chi connectivity index (χ2v) is 4.60. The molecule has 0 aliphatic heterocycles. The number of nitrogens with zero attached hydrogens (tertiary/aromatic N) is 1. The first-order valence-electron chi connectivity index (χ1n) is 5.07. The van der Waals surface area contributed by atoms with Gasteiger partial charge in [-0.3, -0.25) is 4.79 Å². The minimum absolute atomic E-state index is 0. The Bertz CT molecular complexity index is 344. The maximum atomic E-state index is 11.7. The summed E-state index contributed by atoms with van der Waals surface area (Å²) in [5, 5.41) is 3.79. The Morgan fingerprint density at radius 1 is 1.35 bits per heavy atom. The van der Waals surface area contributed by atoms with E-state index >= 15 is 0 Å². The molecule has 0 unspecified atom stereocenters. The summed E-state index contributed by atoms with van der Waals surface area (Å²) in [6, 6.07) is 0. The van der Waals surface area contributed by atoms with Gasteiger partial charge in [0.05, 0.1) is 10.7 Å². The van der Waals surface area contributed by atoms with Crippen LogP contribution < -0.4 is 11.1 Å². The fourth-order valence-electron chi connectivity index (χ4n) is 1.29. The van der Waals surface area contributed by atoms with E-state index < -0.39 is 0 Å². The highest BCUT2D eigenvalue weighted by Gasteiger charge is 2.12. The van der Waals surface area contributed by atoms with E-state index in [-0.39, 0.29) is 30.7 Å². The van der Waals surface area contributed by atoms with Gasteiger partial charge in [0.2, 0.25) is 0 Å². The maximum absolute atomic E-state index is 11.7. The van der Waals surface area contributed by atoms with E-state index in [0.717, 1.165) is 28.4 Å². The molecule has 0 aromatic carbocycles. The molecular weight excluding hydrogens is 281 g/mol.